The van der Waals surface area contributed by atoms with Gasteiger partial charge in [0.15, 0.2) is 0 Å². The summed E-state index contributed by atoms with van der Waals surface area (Å²) >= 11 is 0. The molecule has 0 aliphatic carbocycles. The highest BCUT2D eigenvalue weighted by Crippen LogP contribution is 2.23. The van der Waals surface area contributed by atoms with Gasteiger partial charge >= 0.3 is 14.2 Å². The Balaban J connectivity index is 0.000000885. The van der Waals surface area contributed by atoms with Crippen molar-refractivity contribution >= 4 is 14.2 Å². The van der Waals surface area contributed by atoms with Gasteiger partial charge in [-0.15, -0.1) is 0 Å². The van der Waals surface area contributed by atoms with Crippen LogP contribution in [0.25, 0.3) is 0 Å². The van der Waals surface area contributed by atoms with Crippen LogP contribution >= 0.6 is 8.25 Å². The van der Waals surface area contributed by atoms with Gasteiger partial charge in [0.05, 0.1) is 11.5 Å². The first-order valence-electron chi connectivity index (χ1n) is 6.35. The van der Waals surface area contributed by atoms with Crippen LogP contribution in [-0.2, 0) is 14.1 Å². The molecule has 0 saturated carbocycles. The zero-order valence-corrected chi connectivity index (χ0v) is 13.9. The first-order valence-corrected chi connectivity index (χ1v) is 7.65. The Morgan fingerprint density at radius 1 is 1.29 bits per heavy atom. The zero-order chi connectivity index (χ0) is 16.6. The molecule has 6 nitrogen and oxygen atoms in total. The molecule has 1 unspecified atom stereocenters. The van der Waals surface area contributed by atoms with Crippen molar-refractivity contribution in [3.63, 3.8) is 0 Å². The molecule has 0 spiro atoms. The van der Waals surface area contributed by atoms with E-state index < -0.39 is 13.7 Å². The fraction of sp³-hybridized carbons (Fsp3) is 0.500. The van der Waals surface area contributed by atoms with Crippen molar-refractivity contribution in [2.24, 2.45) is 5.41 Å². The van der Waals surface area contributed by atoms with E-state index in [1.807, 2.05) is 45.9 Å². The van der Waals surface area contributed by atoms with Gasteiger partial charge in [-0.25, -0.2) is 0 Å². The van der Waals surface area contributed by atoms with Crippen LogP contribution in [-0.4, -0.2) is 22.9 Å². The van der Waals surface area contributed by atoms with Crippen molar-refractivity contribution < 1.29 is 28.6 Å². The Bertz CT molecular complexity index is 477. The fourth-order valence-electron chi connectivity index (χ4n) is 1.23. The lowest BCUT2D eigenvalue weighted by Crippen LogP contribution is -2.25. The molecule has 0 aromatic heterocycles. The van der Waals surface area contributed by atoms with Crippen LogP contribution in [0.3, 0.4) is 0 Å². The van der Waals surface area contributed by atoms with Crippen molar-refractivity contribution in [2.45, 2.75) is 33.8 Å². The van der Waals surface area contributed by atoms with Crippen molar-refractivity contribution in [3.8, 4) is 5.75 Å². The number of rotatable bonds is 3. The summed E-state index contributed by atoms with van der Waals surface area (Å²) in [6.07, 6.45) is -0.0108. The van der Waals surface area contributed by atoms with Crippen molar-refractivity contribution in [3.05, 3.63) is 29.8 Å². The summed E-state index contributed by atoms with van der Waals surface area (Å²) in [5.41, 5.74) is 0.495. The van der Waals surface area contributed by atoms with Gasteiger partial charge in [-0.3, -0.25) is 9.36 Å². The van der Waals surface area contributed by atoms with E-state index in [0.29, 0.717) is 5.75 Å². The molecule has 0 amide bonds. The number of carbonyl (C=O) groups excluding carboxylic acids is 1. The van der Waals surface area contributed by atoms with Crippen molar-refractivity contribution in [1.29, 1.82) is 0 Å². The molecular weight excluding hydrogens is 295 g/mol. The number of ether oxygens (including phenoxy) is 2. The summed E-state index contributed by atoms with van der Waals surface area (Å²) < 4.78 is 19.3. The van der Waals surface area contributed by atoms with E-state index >= 15 is 0 Å². The Kier molecular flexibility index (Phi) is 8.44. The van der Waals surface area contributed by atoms with Gasteiger partial charge < -0.3 is 19.3 Å². The Labute approximate surface area is 125 Å². The minimum atomic E-state index is -3.13. The molecule has 0 saturated heterocycles. The van der Waals surface area contributed by atoms with Crippen LogP contribution in [0.1, 0.15) is 39.4 Å². The topological polar surface area (TPSA) is 93.1 Å². The van der Waals surface area contributed by atoms with Crippen molar-refractivity contribution in [2.75, 3.05) is 7.11 Å². The number of benzene rings is 1. The summed E-state index contributed by atoms with van der Waals surface area (Å²) in [5.74, 6) is 0.325. The van der Waals surface area contributed by atoms with E-state index in [-0.39, 0.29) is 12.1 Å². The zero-order valence-electron chi connectivity index (χ0n) is 12.9. The van der Waals surface area contributed by atoms with Crippen LogP contribution in [0.4, 0.5) is 0 Å². The Hall–Kier alpha value is -1.20. The third-order valence-electron chi connectivity index (χ3n) is 2.50. The second-order valence-corrected chi connectivity index (χ2v) is 5.94. The molecule has 0 aliphatic heterocycles. The molecular formula is C14H23O6P. The predicted octanol–water partition coefficient (Wildman–Crippen LogP) is 2.71. The Morgan fingerprint density at radius 3 is 2.24 bits per heavy atom. The second-order valence-electron chi connectivity index (χ2n) is 5.37. The largest absolute Gasteiger partial charge is 0.426 e. The summed E-state index contributed by atoms with van der Waals surface area (Å²) in [6, 6.07) is 7.41. The SMILES string of the molecule is COC(C)c1cccc(OC(=O)C(C)(C)C)c1.O=[PH](O)O. The third-order valence-corrected chi connectivity index (χ3v) is 2.50. The molecule has 2 N–H and O–H groups in total. The lowest BCUT2D eigenvalue weighted by atomic mass is 9.97. The van der Waals surface area contributed by atoms with Crippen LogP contribution in [0.15, 0.2) is 24.3 Å². The van der Waals surface area contributed by atoms with Gasteiger partial charge in [0.1, 0.15) is 5.75 Å². The predicted molar refractivity (Wildman–Crippen MR) is 80.4 cm³/mol. The summed E-state index contributed by atoms with van der Waals surface area (Å²) in [5, 5.41) is 0. The highest BCUT2D eigenvalue weighted by atomic mass is 31.1. The van der Waals surface area contributed by atoms with E-state index in [0.717, 1.165) is 5.56 Å². The van der Waals surface area contributed by atoms with Crippen LogP contribution < -0.4 is 4.74 Å². The van der Waals surface area contributed by atoms with Gasteiger partial charge in [0, 0.05) is 7.11 Å². The normalized spacial score (nSPS) is 12.4. The molecule has 0 radical (unpaired) electrons. The van der Waals surface area contributed by atoms with E-state index in [2.05, 4.69) is 0 Å². The molecule has 1 aromatic rings. The monoisotopic (exact) mass is 318 g/mol. The van der Waals surface area contributed by atoms with E-state index in [1.54, 1.807) is 13.2 Å². The minimum Gasteiger partial charge on any atom is -0.426 e. The van der Waals surface area contributed by atoms with Crippen LogP contribution in [0, 0.1) is 5.41 Å². The number of carbonyl (C=O) groups is 1. The highest BCUT2D eigenvalue weighted by Gasteiger charge is 2.23. The lowest BCUT2D eigenvalue weighted by Gasteiger charge is -2.17. The van der Waals surface area contributed by atoms with E-state index in [1.165, 1.54) is 0 Å². The summed E-state index contributed by atoms with van der Waals surface area (Å²) in [4.78, 5) is 26.0. The molecule has 120 valence electrons. The molecule has 7 heteroatoms. The van der Waals surface area contributed by atoms with Gasteiger partial charge in [-0.2, -0.15) is 0 Å². The number of esters is 1. The molecule has 1 aromatic carbocycles. The minimum absolute atomic E-state index is 0.0108. The number of hydrogen-bond acceptors (Lipinski definition) is 4. The molecule has 0 heterocycles. The maximum atomic E-state index is 11.7. The average molecular weight is 318 g/mol. The first kappa shape index (κ1) is 19.8. The molecule has 0 fully saturated rings. The fourth-order valence-corrected chi connectivity index (χ4v) is 1.23. The third kappa shape index (κ3) is 8.63. The molecule has 0 bridgehead atoms. The van der Waals surface area contributed by atoms with Gasteiger partial charge in [-0.1, -0.05) is 12.1 Å². The smallest absolute Gasteiger partial charge is 0.316 e. The first-order chi connectivity index (χ1) is 9.57. The maximum absolute atomic E-state index is 11.7. The van der Waals surface area contributed by atoms with Gasteiger partial charge in [-0.05, 0) is 45.4 Å². The van der Waals surface area contributed by atoms with Crippen LogP contribution in [0.2, 0.25) is 0 Å². The quantitative estimate of drug-likeness (QED) is 0.506. The lowest BCUT2D eigenvalue weighted by molar-refractivity contribution is -0.143. The van der Waals surface area contributed by atoms with E-state index in [9.17, 15) is 4.79 Å². The van der Waals surface area contributed by atoms with Gasteiger partial charge in [0.2, 0.25) is 0 Å². The molecule has 21 heavy (non-hydrogen) atoms. The van der Waals surface area contributed by atoms with E-state index in [4.69, 9.17) is 23.8 Å². The standard InChI is InChI=1S/C14H20O3.H3O3P/c1-10(16-5)11-7-6-8-12(9-11)17-13(15)14(2,3)4;1-4(2)3/h6-10H,1-5H3;4H,(H2,1,2,3). The second kappa shape index (κ2) is 8.95. The summed E-state index contributed by atoms with van der Waals surface area (Å²) in [7, 11) is -1.48. The van der Waals surface area contributed by atoms with Crippen molar-refractivity contribution in [1.82, 2.24) is 0 Å². The van der Waals surface area contributed by atoms with Crippen LogP contribution in [0.5, 0.6) is 5.75 Å². The molecule has 1 rings (SSSR count). The maximum Gasteiger partial charge on any atom is 0.316 e. The Morgan fingerprint density at radius 2 is 1.81 bits per heavy atom. The summed E-state index contributed by atoms with van der Waals surface area (Å²) in [6.45, 7) is 7.44. The molecule has 0 aliphatic rings. The molecule has 1 atom stereocenters. The average Bonchev–Trinajstić information content (AvgIpc) is 2.36. The number of hydrogen-bond donors (Lipinski definition) is 2. The van der Waals surface area contributed by atoms with Gasteiger partial charge in [0.25, 0.3) is 0 Å². The number of methoxy groups -OCH3 is 1. The highest BCUT2D eigenvalue weighted by molar-refractivity contribution is 7.30.